The Morgan fingerprint density at radius 3 is 2.57 bits per heavy atom. The lowest BCUT2D eigenvalue weighted by Gasteiger charge is -2.23. The van der Waals surface area contributed by atoms with E-state index in [0.717, 1.165) is 25.2 Å². The molecule has 0 bridgehead atoms. The summed E-state index contributed by atoms with van der Waals surface area (Å²) in [6, 6.07) is 13.2. The second-order valence-corrected chi connectivity index (χ2v) is 5.32. The van der Waals surface area contributed by atoms with Crippen LogP contribution in [-0.4, -0.2) is 13.6 Å². The van der Waals surface area contributed by atoms with Crippen LogP contribution in [0.5, 0.6) is 0 Å². The van der Waals surface area contributed by atoms with Gasteiger partial charge in [0.15, 0.2) is 0 Å². The number of hydrogen-bond acceptors (Lipinski definition) is 2. The van der Waals surface area contributed by atoms with Crippen molar-refractivity contribution in [3.63, 3.8) is 0 Å². The molecule has 0 atom stereocenters. The molecule has 0 fully saturated rings. The van der Waals surface area contributed by atoms with Gasteiger partial charge >= 0.3 is 0 Å². The van der Waals surface area contributed by atoms with Gasteiger partial charge in [0.2, 0.25) is 0 Å². The van der Waals surface area contributed by atoms with Crippen LogP contribution in [0.15, 0.2) is 42.5 Å². The average molecular weight is 286 g/mol. The zero-order chi connectivity index (χ0) is 15.2. The van der Waals surface area contributed by atoms with E-state index in [2.05, 4.69) is 37.4 Å². The molecule has 21 heavy (non-hydrogen) atoms. The molecule has 0 aliphatic heterocycles. The Bertz CT molecular complexity index is 596. The maximum Gasteiger partial charge on any atom is 0.146 e. The van der Waals surface area contributed by atoms with Crippen LogP contribution in [-0.2, 0) is 6.54 Å². The first-order valence-corrected chi connectivity index (χ1v) is 7.42. The predicted octanol–water partition coefficient (Wildman–Crippen LogP) is 4.40. The van der Waals surface area contributed by atoms with Gasteiger partial charge in [-0.3, -0.25) is 0 Å². The second kappa shape index (κ2) is 7.23. The summed E-state index contributed by atoms with van der Waals surface area (Å²) >= 11 is 0. The molecule has 2 nitrogen and oxygen atoms in total. The van der Waals surface area contributed by atoms with Crippen molar-refractivity contribution in [2.24, 2.45) is 0 Å². The molecule has 2 aromatic rings. The van der Waals surface area contributed by atoms with Crippen LogP contribution < -0.4 is 10.2 Å². The second-order valence-electron chi connectivity index (χ2n) is 5.32. The number of nitrogens with zero attached hydrogens (tertiary/aromatic N) is 1. The van der Waals surface area contributed by atoms with Crippen molar-refractivity contribution in [3.05, 3.63) is 59.4 Å². The lowest BCUT2D eigenvalue weighted by atomic mass is 10.1. The molecular weight excluding hydrogens is 263 g/mol. The highest BCUT2D eigenvalue weighted by Gasteiger charge is 2.12. The molecular formula is C18H23FN2. The number of nitrogens with one attached hydrogen (secondary N) is 1. The quantitative estimate of drug-likeness (QED) is 0.792. The first-order valence-electron chi connectivity index (χ1n) is 7.42. The number of anilines is 2. The van der Waals surface area contributed by atoms with E-state index in [1.807, 2.05) is 18.0 Å². The van der Waals surface area contributed by atoms with Crippen LogP contribution in [0, 0.1) is 12.7 Å². The first kappa shape index (κ1) is 15.5. The van der Waals surface area contributed by atoms with Gasteiger partial charge in [0.1, 0.15) is 5.82 Å². The molecule has 0 aliphatic rings. The van der Waals surface area contributed by atoms with Crippen LogP contribution in [0.4, 0.5) is 15.8 Å². The third kappa shape index (κ3) is 3.82. The summed E-state index contributed by atoms with van der Waals surface area (Å²) in [4.78, 5) is 1.91. The fraction of sp³-hybridized carbons (Fsp3) is 0.333. The Hall–Kier alpha value is -1.87. The maximum absolute atomic E-state index is 14.0. The fourth-order valence-corrected chi connectivity index (χ4v) is 2.44. The van der Waals surface area contributed by atoms with Crippen LogP contribution in [0.3, 0.4) is 0 Å². The predicted molar refractivity (Wildman–Crippen MR) is 87.6 cm³/mol. The summed E-state index contributed by atoms with van der Waals surface area (Å²) in [5.74, 6) is -0.201. The van der Waals surface area contributed by atoms with E-state index >= 15 is 0 Å². The standard InChI is InChI=1S/C18H23FN2/c1-4-11-20-13-15-12-14(2)9-10-17(15)21(3)18-8-6-5-7-16(18)19/h5-10,12,20H,4,11,13H2,1-3H3. The van der Waals surface area contributed by atoms with E-state index in [1.54, 1.807) is 12.1 Å². The summed E-state index contributed by atoms with van der Waals surface area (Å²) in [5.41, 5.74) is 4.04. The zero-order valence-corrected chi connectivity index (χ0v) is 13.0. The molecule has 0 aliphatic carbocycles. The lowest BCUT2D eigenvalue weighted by Crippen LogP contribution is -2.18. The van der Waals surface area contributed by atoms with Crippen molar-refractivity contribution in [3.8, 4) is 0 Å². The summed E-state index contributed by atoms with van der Waals surface area (Å²) in [5, 5.41) is 3.42. The molecule has 0 amide bonds. The zero-order valence-electron chi connectivity index (χ0n) is 13.0. The molecule has 0 saturated carbocycles. The van der Waals surface area contributed by atoms with Gasteiger partial charge in [-0.15, -0.1) is 0 Å². The number of halogens is 1. The molecule has 1 N–H and O–H groups in total. The third-order valence-electron chi connectivity index (χ3n) is 3.55. The Labute approximate surface area is 126 Å². The maximum atomic E-state index is 14.0. The SMILES string of the molecule is CCCNCc1cc(C)ccc1N(C)c1ccccc1F. The van der Waals surface area contributed by atoms with Crippen LogP contribution in [0.25, 0.3) is 0 Å². The highest BCUT2D eigenvalue weighted by Crippen LogP contribution is 2.29. The minimum atomic E-state index is -0.201. The van der Waals surface area contributed by atoms with Crippen LogP contribution in [0.1, 0.15) is 24.5 Å². The van der Waals surface area contributed by atoms with Crippen molar-refractivity contribution in [2.75, 3.05) is 18.5 Å². The van der Waals surface area contributed by atoms with E-state index in [4.69, 9.17) is 0 Å². The average Bonchev–Trinajstić information content (AvgIpc) is 2.47. The molecule has 2 rings (SSSR count). The Balaban J connectivity index is 2.31. The number of aryl methyl sites for hydroxylation is 1. The van der Waals surface area contributed by atoms with Gasteiger partial charge in [-0.05, 0) is 43.7 Å². The van der Waals surface area contributed by atoms with Gasteiger partial charge in [0.05, 0.1) is 5.69 Å². The molecule has 0 heterocycles. The van der Waals surface area contributed by atoms with Gasteiger partial charge < -0.3 is 10.2 Å². The van der Waals surface area contributed by atoms with E-state index in [-0.39, 0.29) is 5.82 Å². The van der Waals surface area contributed by atoms with Crippen molar-refractivity contribution < 1.29 is 4.39 Å². The van der Waals surface area contributed by atoms with Crippen molar-refractivity contribution in [1.29, 1.82) is 0 Å². The number of hydrogen-bond donors (Lipinski definition) is 1. The number of rotatable bonds is 6. The Morgan fingerprint density at radius 1 is 1.10 bits per heavy atom. The van der Waals surface area contributed by atoms with Gasteiger partial charge in [0, 0.05) is 19.3 Å². The van der Waals surface area contributed by atoms with E-state index in [9.17, 15) is 4.39 Å². The summed E-state index contributed by atoms with van der Waals surface area (Å²) in [6.45, 7) is 6.01. The van der Waals surface area contributed by atoms with Crippen molar-refractivity contribution in [1.82, 2.24) is 5.32 Å². The molecule has 0 unspecified atom stereocenters. The Morgan fingerprint density at radius 2 is 1.86 bits per heavy atom. The smallest absolute Gasteiger partial charge is 0.146 e. The minimum Gasteiger partial charge on any atom is -0.342 e. The molecule has 2 aromatic carbocycles. The van der Waals surface area contributed by atoms with E-state index in [1.165, 1.54) is 17.2 Å². The summed E-state index contributed by atoms with van der Waals surface area (Å²) in [6.07, 6.45) is 1.10. The highest BCUT2D eigenvalue weighted by atomic mass is 19.1. The third-order valence-corrected chi connectivity index (χ3v) is 3.55. The number of benzene rings is 2. The molecule has 112 valence electrons. The van der Waals surface area contributed by atoms with Gasteiger partial charge in [-0.25, -0.2) is 4.39 Å². The fourth-order valence-electron chi connectivity index (χ4n) is 2.44. The molecule has 3 heteroatoms. The Kier molecular flexibility index (Phi) is 5.34. The van der Waals surface area contributed by atoms with E-state index < -0.39 is 0 Å². The van der Waals surface area contributed by atoms with Crippen molar-refractivity contribution in [2.45, 2.75) is 26.8 Å². The van der Waals surface area contributed by atoms with Gasteiger partial charge in [0.25, 0.3) is 0 Å². The van der Waals surface area contributed by atoms with Crippen LogP contribution >= 0.6 is 0 Å². The van der Waals surface area contributed by atoms with Gasteiger partial charge in [-0.1, -0.05) is 36.8 Å². The van der Waals surface area contributed by atoms with Crippen molar-refractivity contribution >= 4 is 11.4 Å². The minimum absolute atomic E-state index is 0.201. The van der Waals surface area contributed by atoms with Gasteiger partial charge in [-0.2, -0.15) is 0 Å². The molecule has 0 aromatic heterocycles. The summed E-state index contributed by atoms with van der Waals surface area (Å²) < 4.78 is 14.0. The normalized spacial score (nSPS) is 10.7. The monoisotopic (exact) mass is 286 g/mol. The number of para-hydroxylation sites is 1. The first-order chi connectivity index (χ1) is 10.1. The van der Waals surface area contributed by atoms with Crippen LogP contribution in [0.2, 0.25) is 0 Å². The molecule has 0 spiro atoms. The largest absolute Gasteiger partial charge is 0.342 e. The highest BCUT2D eigenvalue weighted by molar-refractivity contribution is 5.66. The molecule has 0 saturated heterocycles. The summed E-state index contributed by atoms with van der Waals surface area (Å²) in [7, 11) is 1.91. The lowest BCUT2D eigenvalue weighted by molar-refractivity contribution is 0.627. The van der Waals surface area contributed by atoms with E-state index in [0.29, 0.717) is 5.69 Å². The topological polar surface area (TPSA) is 15.3 Å². The molecule has 0 radical (unpaired) electrons.